The van der Waals surface area contributed by atoms with Crippen molar-refractivity contribution in [3.05, 3.63) is 35.2 Å². The highest BCUT2D eigenvalue weighted by Gasteiger charge is 2.43. The Morgan fingerprint density at radius 3 is 2.83 bits per heavy atom. The Bertz CT molecular complexity index is 823. The third-order valence-corrected chi connectivity index (χ3v) is 4.85. The fourth-order valence-corrected chi connectivity index (χ4v) is 3.64. The van der Waals surface area contributed by atoms with Gasteiger partial charge in [-0.2, -0.15) is 4.68 Å². The van der Waals surface area contributed by atoms with Crippen molar-refractivity contribution in [1.82, 2.24) is 25.5 Å². The van der Waals surface area contributed by atoms with Gasteiger partial charge in [-0.1, -0.05) is 19.3 Å². The van der Waals surface area contributed by atoms with Crippen LogP contribution in [0.5, 0.6) is 0 Å². The Morgan fingerprint density at radius 1 is 1.29 bits per heavy atom. The van der Waals surface area contributed by atoms with Crippen molar-refractivity contribution in [3.63, 3.8) is 0 Å². The number of carbonyl (C=O) groups is 2. The number of carbonyl (C=O) groups excluding carboxylic acids is 2. The molecule has 2 heterocycles. The number of tetrazole rings is 1. The topological polar surface area (TPSA) is 99.0 Å². The molecule has 1 aromatic heterocycles. The molecule has 0 bridgehead atoms. The van der Waals surface area contributed by atoms with E-state index in [0.717, 1.165) is 32.1 Å². The second kappa shape index (κ2) is 5.40. The standard InChI is InChI=1S/C16H17N5O3/c1-24-14(23)10-5-6-11-12(9-10)21-15(18-19-20-21)16(17-13(11)22)7-3-2-4-8-16/h5-6,9H,2-4,7-8H2,1H3,(H,17,22). The molecule has 2 aromatic rings. The number of amides is 1. The van der Waals surface area contributed by atoms with Gasteiger partial charge in [-0.3, -0.25) is 4.79 Å². The molecule has 8 nitrogen and oxygen atoms in total. The number of rotatable bonds is 1. The van der Waals surface area contributed by atoms with Gasteiger partial charge in [0, 0.05) is 0 Å². The molecule has 1 aromatic carbocycles. The maximum absolute atomic E-state index is 12.8. The lowest BCUT2D eigenvalue weighted by Gasteiger charge is -2.35. The Kier molecular flexibility index (Phi) is 3.33. The van der Waals surface area contributed by atoms with Crippen LogP contribution in [0.15, 0.2) is 18.2 Å². The van der Waals surface area contributed by atoms with Crippen molar-refractivity contribution in [1.29, 1.82) is 0 Å². The van der Waals surface area contributed by atoms with Gasteiger partial charge in [0.25, 0.3) is 5.91 Å². The Balaban J connectivity index is 1.91. The molecule has 0 unspecified atom stereocenters. The van der Waals surface area contributed by atoms with Gasteiger partial charge in [0.15, 0.2) is 5.82 Å². The molecule has 24 heavy (non-hydrogen) atoms. The molecule has 1 fully saturated rings. The summed E-state index contributed by atoms with van der Waals surface area (Å²) in [5.74, 6) is -0.0311. The van der Waals surface area contributed by atoms with E-state index in [2.05, 4.69) is 20.8 Å². The first kappa shape index (κ1) is 14.8. The summed E-state index contributed by atoms with van der Waals surface area (Å²) in [6.07, 6.45) is 4.76. The number of ether oxygens (including phenoxy) is 1. The Labute approximate surface area is 138 Å². The minimum absolute atomic E-state index is 0.185. The van der Waals surface area contributed by atoms with Gasteiger partial charge in [-0.25, -0.2) is 4.79 Å². The number of esters is 1. The van der Waals surface area contributed by atoms with E-state index in [9.17, 15) is 9.59 Å². The van der Waals surface area contributed by atoms with Crippen LogP contribution >= 0.6 is 0 Å². The number of nitrogens with one attached hydrogen (secondary N) is 1. The van der Waals surface area contributed by atoms with Gasteiger partial charge in [0.2, 0.25) is 0 Å². The van der Waals surface area contributed by atoms with Crippen molar-refractivity contribution in [3.8, 4) is 5.69 Å². The maximum atomic E-state index is 12.8. The zero-order chi connectivity index (χ0) is 16.7. The number of methoxy groups -OCH3 is 1. The predicted octanol–water partition coefficient (Wildman–Crippen LogP) is 1.35. The van der Waals surface area contributed by atoms with E-state index in [1.54, 1.807) is 22.9 Å². The summed E-state index contributed by atoms with van der Waals surface area (Å²) in [7, 11) is 1.32. The van der Waals surface area contributed by atoms with Crippen molar-refractivity contribution in [2.24, 2.45) is 0 Å². The summed E-state index contributed by atoms with van der Waals surface area (Å²) >= 11 is 0. The molecule has 0 atom stereocenters. The van der Waals surface area contributed by atoms with E-state index in [4.69, 9.17) is 4.74 Å². The Hall–Kier alpha value is -2.77. The van der Waals surface area contributed by atoms with E-state index >= 15 is 0 Å². The van der Waals surface area contributed by atoms with Gasteiger partial charge in [0.05, 0.1) is 23.9 Å². The van der Waals surface area contributed by atoms with Crippen LogP contribution in [0.4, 0.5) is 0 Å². The molecular weight excluding hydrogens is 310 g/mol. The molecule has 4 rings (SSSR count). The van der Waals surface area contributed by atoms with Crippen molar-refractivity contribution >= 4 is 11.9 Å². The number of benzene rings is 1. The largest absolute Gasteiger partial charge is 0.465 e. The first-order valence-corrected chi connectivity index (χ1v) is 7.99. The zero-order valence-electron chi connectivity index (χ0n) is 13.3. The molecule has 1 amide bonds. The first-order valence-electron chi connectivity index (χ1n) is 7.99. The second-order valence-corrected chi connectivity index (χ2v) is 6.23. The number of hydrogen-bond donors (Lipinski definition) is 1. The Morgan fingerprint density at radius 2 is 2.08 bits per heavy atom. The van der Waals surface area contributed by atoms with Crippen molar-refractivity contribution in [2.45, 2.75) is 37.6 Å². The molecule has 1 aliphatic carbocycles. The normalized spacial score (nSPS) is 18.3. The van der Waals surface area contributed by atoms with Gasteiger partial charge in [-0.15, -0.1) is 5.10 Å². The summed E-state index contributed by atoms with van der Waals surface area (Å²) < 4.78 is 6.34. The quantitative estimate of drug-likeness (QED) is 0.794. The third-order valence-electron chi connectivity index (χ3n) is 4.85. The van der Waals surface area contributed by atoms with Crippen LogP contribution in [0.1, 0.15) is 58.6 Å². The van der Waals surface area contributed by atoms with Gasteiger partial charge < -0.3 is 10.1 Å². The van der Waals surface area contributed by atoms with Gasteiger partial charge >= 0.3 is 5.97 Å². The smallest absolute Gasteiger partial charge is 0.337 e. The summed E-state index contributed by atoms with van der Waals surface area (Å²) in [6, 6.07) is 4.79. The van der Waals surface area contributed by atoms with Crippen LogP contribution in [0.25, 0.3) is 5.69 Å². The van der Waals surface area contributed by atoms with E-state index < -0.39 is 11.5 Å². The molecule has 1 saturated carbocycles. The monoisotopic (exact) mass is 327 g/mol. The third kappa shape index (κ3) is 2.10. The summed E-state index contributed by atoms with van der Waals surface area (Å²) in [4.78, 5) is 24.6. The molecule has 1 N–H and O–H groups in total. The molecule has 1 aliphatic heterocycles. The zero-order valence-corrected chi connectivity index (χ0v) is 13.3. The van der Waals surface area contributed by atoms with E-state index in [0.29, 0.717) is 22.6 Å². The number of aromatic nitrogens is 4. The fraction of sp³-hybridized carbons (Fsp3) is 0.438. The van der Waals surface area contributed by atoms with E-state index in [-0.39, 0.29) is 5.91 Å². The molecule has 1 spiro atoms. The van der Waals surface area contributed by atoms with Gasteiger partial charge in [0.1, 0.15) is 5.54 Å². The van der Waals surface area contributed by atoms with Crippen molar-refractivity contribution in [2.75, 3.05) is 7.11 Å². The van der Waals surface area contributed by atoms with E-state index in [1.807, 2.05) is 0 Å². The number of hydrogen-bond acceptors (Lipinski definition) is 6. The van der Waals surface area contributed by atoms with Crippen LogP contribution in [0.2, 0.25) is 0 Å². The number of nitrogens with zero attached hydrogens (tertiary/aromatic N) is 4. The lowest BCUT2D eigenvalue weighted by Crippen LogP contribution is -2.47. The van der Waals surface area contributed by atoms with Crippen molar-refractivity contribution < 1.29 is 14.3 Å². The minimum Gasteiger partial charge on any atom is -0.465 e. The summed E-state index contributed by atoms with van der Waals surface area (Å²) in [6.45, 7) is 0. The molecular formula is C16H17N5O3. The SMILES string of the molecule is COC(=O)c1ccc2c(c1)-n1nnnc1C1(CCCCC1)NC2=O. The number of fused-ring (bicyclic) bond motifs is 4. The average Bonchev–Trinajstić information content (AvgIpc) is 3.08. The molecule has 0 saturated heterocycles. The van der Waals surface area contributed by atoms with Crippen LogP contribution in [0, 0.1) is 0 Å². The van der Waals surface area contributed by atoms with Crippen LogP contribution in [-0.4, -0.2) is 39.2 Å². The maximum Gasteiger partial charge on any atom is 0.337 e. The van der Waals surface area contributed by atoms with E-state index in [1.165, 1.54) is 7.11 Å². The predicted molar refractivity (Wildman–Crippen MR) is 82.7 cm³/mol. The van der Waals surface area contributed by atoms with Gasteiger partial charge in [-0.05, 0) is 41.5 Å². The molecule has 124 valence electrons. The lowest BCUT2D eigenvalue weighted by molar-refractivity contribution is 0.0600. The molecule has 2 aliphatic rings. The highest BCUT2D eigenvalue weighted by molar-refractivity contribution is 6.00. The summed E-state index contributed by atoms with van der Waals surface area (Å²) in [5, 5.41) is 15.2. The average molecular weight is 327 g/mol. The summed E-state index contributed by atoms with van der Waals surface area (Å²) in [5.41, 5.74) is 0.741. The van der Waals surface area contributed by atoms with Crippen LogP contribution in [0.3, 0.4) is 0 Å². The lowest BCUT2D eigenvalue weighted by atomic mass is 9.81. The minimum atomic E-state index is -0.552. The second-order valence-electron chi connectivity index (χ2n) is 6.23. The van der Waals surface area contributed by atoms with Crippen LogP contribution < -0.4 is 5.32 Å². The molecule has 8 heteroatoms. The fourth-order valence-electron chi connectivity index (χ4n) is 3.64. The first-order chi connectivity index (χ1) is 11.6. The highest BCUT2D eigenvalue weighted by Crippen LogP contribution is 2.39. The molecule has 0 radical (unpaired) electrons. The highest BCUT2D eigenvalue weighted by atomic mass is 16.5. The van der Waals surface area contributed by atoms with Crippen LogP contribution in [-0.2, 0) is 10.3 Å².